The van der Waals surface area contributed by atoms with Crippen LogP contribution in [-0.4, -0.2) is 85.8 Å². The number of nitrogens with zero attached hydrogens (tertiary/aromatic N) is 5. The molecule has 10 nitrogen and oxygen atoms in total. The van der Waals surface area contributed by atoms with Gasteiger partial charge in [0.15, 0.2) is 0 Å². The molecule has 0 aliphatic carbocycles. The standard InChI is InChI=1S/C24H35N5O5/c1-17-11-29(18(2)15-30)23(31)5-4-10-28-13-21(25-26-28)16-34-22(17)14-27(3)12-19-6-8-20(9-7-19)24(32)33/h6-9,13,17-18,22,30H,4-5,10-12,14-16H2,1-3H3,(H,32,33)/t17-,18+,22-/m1/s1. The van der Waals surface area contributed by atoms with Crippen LogP contribution in [0, 0.1) is 5.92 Å². The van der Waals surface area contributed by atoms with Crippen molar-refractivity contribution >= 4 is 11.9 Å². The summed E-state index contributed by atoms with van der Waals surface area (Å²) in [6.45, 7) is 6.45. The second-order valence-corrected chi connectivity index (χ2v) is 9.18. The van der Waals surface area contributed by atoms with Gasteiger partial charge in [0.2, 0.25) is 5.91 Å². The number of aromatic nitrogens is 3. The molecule has 1 aromatic carbocycles. The SMILES string of the molecule is C[C@@H]1CN([C@@H](C)CO)C(=O)CCCn2cc(nn2)CO[C@@H]1CN(C)Cc1ccc(C(=O)O)cc1. The van der Waals surface area contributed by atoms with Gasteiger partial charge in [-0.25, -0.2) is 4.79 Å². The molecule has 10 heteroatoms. The summed E-state index contributed by atoms with van der Waals surface area (Å²) in [5.41, 5.74) is 2.00. The number of aromatic carboxylic acids is 1. The Bertz CT molecular complexity index is 947. The highest BCUT2D eigenvalue weighted by Crippen LogP contribution is 2.18. The zero-order valence-corrected chi connectivity index (χ0v) is 20.1. The summed E-state index contributed by atoms with van der Waals surface area (Å²) in [6, 6.07) is 6.56. The van der Waals surface area contributed by atoms with Crippen molar-refractivity contribution in [1.82, 2.24) is 24.8 Å². The number of likely N-dealkylation sites (N-methyl/N-ethyl adjacent to an activating group) is 1. The molecule has 0 unspecified atom stereocenters. The van der Waals surface area contributed by atoms with Crippen molar-refractivity contribution in [1.29, 1.82) is 0 Å². The van der Waals surface area contributed by atoms with E-state index in [2.05, 4.69) is 22.1 Å². The van der Waals surface area contributed by atoms with Crippen LogP contribution in [0.2, 0.25) is 0 Å². The number of aliphatic hydroxyl groups is 1. The summed E-state index contributed by atoms with van der Waals surface area (Å²) in [6.07, 6.45) is 2.68. The fraction of sp³-hybridized carbons (Fsp3) is 0.583. The summed E-state index contributed by atoms with van der Waals surface area (Å²) in [4.78, 5) is 27.9. The molecule has 1 amide bonds. The monoisotopic (exact) mass is 473 g/mol. The van der Waals surface area contributed by atoms with Crippen LogP contribution >= 0.6 is 0 Å². The molecular formula is C24H35N5O5. The van der Waals surface area contributed by atoms with E-state index < -0.39 is 5.97 Å². The number of amides is 1. The quantitative estimate of drug-likeness (QED) is 0.623. The topological polar surface area (TPSA) is 121 Å². The number of benzene rings is 1. The van der Waals surface area contributed by atoms with Gasteiger partial charge < -0.3 is 19.8 Å². The minimum absolute atomic E-state index is 0.00517. The maximum absolute atomic E-state index is 12.9. The number of ether oxygens (including phenoxy) is 1. The zero-order valence-electron chi connectivity index (χ0n) is 20.1. The van der Waals surface area contributed by atoms with Gasteiger partial charge in [-0.1, -0.05) is 24.3 Å². The maximum Gasteiger partial charge on any atom is 0.335 e. The van der Waals surface area contributed by atoms with Crippen molar-refractivity contribution in [3.8, 4) is 0 Å². The van der Waals surface area contributed by atoms with Gasteiger partial charge in [0.25, 0.3) is 0 Å². The van der Waals surface area contributed by atoms with Crippen LogP contribution in [0.3, 0.4) is 0 Å². The van der Waals surface area contributed by atoms with Crippen LogP contribution in [0.1, 0.15) is 48.3 Å². The Hall–Kier alpha value is -2.82. The summed E-state index contributed by atoms with van der Waals surface area (Å²) in [5.74, 6) is -0.927. The third-order valence-corrected chi connectivity index (χ3v) is 6.19. The number of aliphatic hydroxyl groups excluding tert-OH is 1. The summed E-state index contributed by atoms with van der Waals surface area (Å²) in [5, 5.41) is 27.1. The van der Waals surface area contributed by atoms with Crippen LogP contribution in [0.4, 0.5) is 0 Å². The van der Waals surface area contributed by atoms with Gasteiger partial charge in [-0.3, -0.25) is 14.4 Å². The second kappa shape index (κ2) is 12.0. The molecule has 0 fully saturated rings. The Balaban J connectivity index is 1.74. The Labute approximate surface area is 200 Å². The highest BCUT2D eigenvalue weighted by Gasteiger charge is 2.28. The van der Waals surface area contributed by atoms with Gasteiger partial charge >= 0.3 is 5.97 Å². The number of hydrogen-bond acceptors (Lipinski definition) is 7. The molecule has 1 aliphatic rings. The first kappa shape index (κ1) is 25.8. The van der Waals surface area contributed by atoms with Crippen LogP contribution in [0.25, 0.3) is 0 Å². The summed E-state index contributed by atoms with van der Waals surface area (Å²) >= 11 is 0. The minimum atomic E-state index is -0.945. The number of aryl methyl sites for hydroxylation is 1. The number of hydrogen-bond donors (Lipinski definition) is 2. The Morgan fingerprint density at radius 3 is 2.74 bits per heavy atom. The lowest BCUT2D eigenvalue weighted by atomic mass is 10.0. The number of carboxylic acids is 1. The summed E-state index contributed by atoms with van der Waals surface area (Å²) < 4.78 is 8.02. The van der Waals surface area contributed by atoms with E-state index in [1.165, 1.54) is 0 Å². The van der Waals surface area contributed by atoms with E-state index in [0.29, 0.717) is 45.6 Å². The molecular weight excluding hydrogens is 438 g/mol. The van der Waals surface area contributed by atoms with E-state index in [0.717, 1.165) is 11.3 Å². The molecule has 0 saturated heterocycles. The average molecular weight is 474 g/mol. The van der Waals surface area contributed by atoms with Crippen molar-refractivity contribution < 1.29 is 24.5 Å². The number of rotatable bonds is 7. The van der Waals surface area contributed by atoms with E-state index in [1.54, 1.807) is 21.7 Å². The first-order valence-electron chi connectivity index (χ1n) is 11.7. The Morgan fingerprint density at radius 2 is 2.06 bits per heavy atom. The fourth-order valence-corrected chi connectivity index (χ4v) is 4.13. The third-order valence-electron chi connectivity index (χ3n) is 6.19. The van der Waals surface area contributed by atoms with E-state index in [9.17, 15) is 14.7 Å². The van der Waals surface area contributed by atoms with Crippen LogP contribution in [-0.2, 0) is 29.2 Å². The molecule has 2 aromatic rings. The van der Waals surface area contributed by atoms with Crippen molar-refractivity contribution in [3.05, 3.63) is 47.3 Å². The molecule has 2 bridgehead atoms. The van der Waals surface area contributed by atoms with Gasteiger partial charge in [0.05, 0.1) is 37.1 Å². The van der Waals surface area contributed by atoms with Crippen LogP contribution in [0.5, 0.6) is 0 Å². The molecule has 34 heavy (non-hydrogen) atoms. The lowest BCUT2D eigenvalue weighted by Gasteiger charge is -2.35. The fourth-order valence-electron chi connectivity index (χ4n) is 4.13. The largest absolute Gasteiger partial charge is 0.478 e. The molecule has 3 rings (SSSR count). The second-order valence-electron chi connectivity index (χ2n) is 9.18. The molecule has 0 saturated carbocycles. The van der Waals surface area contributed by atoms with E-state index >= 15 is 0 Å². The highest BCUT2D eigenvalue weighted by atomic mass is 16.5. The molecule has 2 heterocycles. The van der Waals surface area contributed by atoms with Crippen molar-refractivity contribution in [2.45, 2.75) is 58.5 Å². The van der Waals surface area contributed by atoms with Crippen LogP contribution in [0.15, 0.2) is 30.5 Å². The molecule has 1 aliphatic heterocycles. The molecule has 0 radical (unpaired) electrons. The number of carbonyl (C=O) groups is 2. The first-order chi connectivity index (χ1) is 16.3. The van der Waals surface area contributed by atoms with Crippen molar-refractivity contribution in [2.75, 3.05) is 26.7 Å². The average Bonchev–Trinajstić information content (AvgIpc) is 3.27. The number of fused-ring (bicyclic) bond motifs is 2. The Morgan fingerprint density at radius 1 is 1.32 bits per heavy atom. The molecule has 186 valence electrons. The van der Waals surface area contributed by atoms with Gasteiger partial charge in [-0.05, 0) is 38.1 Å². The van der Waals surface area contributed by atoms with Gasteiger partial charge in [0.1, 0.15) is 5.69 Å². The third kappa shape index (κ3) is 7.09. The van der Waals surface area contributed by atoms with Gasteiger partial charge in [0, 0.05) is 38.5 Å². The Kier molecular flexibility index (Phi) is 9.14. The van der Waals surface area contributed by atoms with Gasteiger partial charge in [-0.2, -0.15) is 0 Å². The van der Waals surface area contributed by atoms with E-state index in [1.807, 2.05) is 32.3 Å². The van der Waals surface area contributed by atoms with Crippen molar-refractivity contribution in [2.24, 2.45) is 5.92 Å². The first-order valence-corrected chi connectivity index (χ1v) is 11.7. The van der Waals surface area contributed by atoms with Gasteiger partial charge in [-0.15, -0.1) is 5.10 Å². The zero-order chi connectivity index (χ0) is 24.7. The lowest BCUT2D eigenvalue weighted by Crippen LogP contribution is -2.47. The summed E-state index contributed by atoms with van der Waals surface area (Å²) in [7, 11) is 1.98. The molecule has 1 aromatic heterocycles. The van der Waals surface area contributed by atoms with E-state index in [4.69, 9.17) is 9.84 Å². The normalized spacial score (nSPS) is 21.0. The van der Waals surface area contributed by atoms with Crippen molar-refractivity contribution in [3.63, 3.8) is 0 Å². The smallest absolute Gasteiger partial charge is 0.335 e. The number of carboxylic acid groups (broad SMARTS) is 1. The lowest BCUT2D eigenvalue weighted by molar-refractivity contribution is -0.136. The number of carbonyl (C=O) groups excluding carboxylic acids is 1. The molecule has 2 N–H and O–H groups in total. The minimum Gasteiger partial charge on any atom is -0.478 e. The molecule has 3 atom stereocenters. The van der Waals surface area contributed by atoms with E-state index in [-0.39, 0.29) is 36.1 Å². The predicted molar refractivity (Wildman–Crippen MR) is 125 cm³/mol. The molecule has 0 spiro atoms. The predicted octanol–water partition coefficient (Wildman–Crippen LogP) is 1.63. The maximum atomic E-state index is 12.9. The van der Waals surface area contributed by atoms with Crippen LogP contribution < -0.4 is 0 Å². The highest BCUT2D eigenvalue weighted by molar-refractivity contribution is 5.87.